The van der Waals surface area contributed by atoms with Crippen molar-refractivity contribution in [3.63, 3.8) is 0 Å². The molecule has 0 aliphatic carbocycles. The molecule has 4 rings (SSSR count). The molecule has 0 bridgehead atoms. The van der Waals surface area contributed by atoms with Gasteiger partial charge in [0.25, 0.3) is 11.5 Å². The zero-order valence-corrected chi connectivity index (χ0v) is 20.1. The minimum Gasteiger partial charge on any atom is -0.496 e. The van der Waals surface area contributed by atoms with E-state index in [1.165, 1.54) is 20.3 Å². The summed E-state index contributed by atoms with van der Waals surface area (Å²) >= 11 is 0. The summed E-state index contributed by atoms with van der Waals surface area (Å²) in [6, 6.07) is 11.9. The van der Waals surface area contributed by atoms with Gasteiger partial charge in [-0.05, 0) is 36.8 Å². The van der Waals surface area contributed by atoms with Crippen LogP contribution in [0.1, 0.15) is 50.7 Å². The quantitative estimate of drug-likeness (QED) is 0.520. The number of methoxy groups -OCH3 is 2. The monoisotopic (exact) mass is 479 g/mol. The third-order valence-corrected chi connectivity index (χ3v) is 6.23. The molecule has 3 aromatic rings. The molecule has 0 saturated carbocycles. The summed E-state index contributed by atoms with van der Waals surface area (Å²) in [7, 11) is 2.81. The summed E-state index contributed by atoms with van der Waals surface area (Å²) in [5.41, 5.74) is 2.37. The van der Waals surface area contributed by atoms with Crippen molar-refractivity contribution in [2.75, 3.05) is 27.3 Å². The normalized spacial score (nSPS) is 14.5. The zero-order chi connectivity index (χ0) is 24.9. The summed E-state index contributed by atoms with van der Waals surface area (Å²) < 4.78 is 17.3. The lowest BCUT2D eigenvalue weighted by molar-refractivity contribution is 0.0600. The van der Waals surface area contributed by atoms with Gasteiger partial charge in [0.15, 0.2) is 0 Å². The van der Waals surface area contributed by atoms with Gasteiger partial charge in [-0.1, -0.05) is 12.1 Å². The van der Waals surface area contributed by atoms with Gasteiger partial charge < -0.3 is 23.8 Å². The van der Waals surface area contributed by atoms with Gasteiger partial charge in [0.2, 0.25) is 0 Å². The van der Waals surface area contributed by atoms with Crippen molar-refractivity contribution in [2.45, 2.75) is 32.5 Å². The lowest BCUT2D eigenvalue weighted by atomic mass is 10.1. The van der Waals surface area contributed by atoms with Crippen LogP contribution in [0.2, 0.25) is 0 Å². The number of pyridine rings is 1. The van der Waals surface area contributed by atoms with Crippen molar-refractivity contribution in [1.29, 1.82) is 0 Å². The minimum absolute atomic E-state index is 0.197. The summed E-state index contributed by atoms with van der Waals surface area (Å²) in [5, 5.41) is 2.95. The highest BCUT2D eigenvalue weighted by molar-refractivity contribution is 5.98. The van der Waals surface area contributed by atoms with E-state index in [-0.39, 0.29) is 29.2 Å². The molecule has 1 aromatic carbocycles. The fourth-order valence-electron chi connectivity index (χ4n) is 4.36. The molecule has 1 aliphatic rings. The number of carbonyl (C=O) groups excluding carboxylic acids is 2. The van der Waals surface area contributed by atoms with E-state index in [9.17, 15) is 14.4 Å². The number of furan rings is 1. The van der Waals surface area contributed by atoms with Crippen LogP contribution in [0.4, 0.5) is 0 Å². The molecule has 9 nitrogen and oxygen atoms in total. The van der Waals surface area contributed by atoms with Gasteiger partial charge in [-0.3, -0.25) is 14.5 Å². The standard InChI is InChI=1S/C26H29N3O6/c1-17(21-5-4-14-35-21)27-25(31)24-20-10-11-28(12-13-29(20)23(30)15-22(24)33-2)16-18-6-8-19(9-7-18)26(32)34-3/h4-9,14-15,17H,10-13,16H2,1-3H3,(H,27,31). The molecule has 184 valence electrons. The Kier molecular flexibility index (Phi) is 7.36. The Morgan fingerprint density at radius 2 is 1.89 bits per heavy atom. The van der Waals surface area contributed by atoms with Gasteiger partial charge in [0, 0.05) is 44.4 Å². The number of nitrogens with zero attached hydrogens (tertiary/aromatic N) is 2. The average Bonchev–Trinajstić information content (AvgIpc) is 3.33. The van der Waals surface area contributed by atoms with Crippen LogP contribution < -0.4 is 15.6 Å². The van der Waals surface area contributed by atoms with E-state index in [1.807, 2.05) is 19.1 Å². The number of aromatic nitrogens is 1. The Morgan fingerprint density at radius 3 is 2.54 bits per heavy atom. The number of ether oxygens (including phenoxy) is 2. The van der Waals surface area contributed by atoms with Crippen molar-refractivity contribution in [3.8, 4) is 5.75 Å². The van der Waals surface area contributed by atoms with E-state index in [1.54, 1.807) is 35.1 Å². The van der Waals surface area contributed by atoms with Gasteiger partial charge in [0.05, 0.1) is 32.1 Å². The van der Waals surface area contributed by atoms with Crippen LogP contribution in [0.25, 0.3) is 0 Å². The Hall–Kier alpha value is -3.85. The number of carbonyl (C=O) groups is 2. The molecule has 1 atom stereocenters. The first-order valence-corrected chi connectivity index (χ1v) is 11.5. The molecule has 1 unspecified atom stereocenters. The summed E-state index contributed by atoms with van der Waals surface area (Å²) in [4.78, 5) is 40.1. The fraction of sp³-hybridized carbons (Fsp3) is 0.346. The van der Waals surface area contributed by atoms with E-state index >= 15 is 0 Å². The predicted molar refractivity (Wildman–Crippen MR) is 129 cm³/mol. The van der Waals surface area contributed by atoms with Crippen molar-refractivity contribution >= 4 is 11.9 Å². The van der Waals surface area contributed by atoms with Gasteiger partial charge in [-0.25, -0.2) is 4.79 Å². The van der Waals surface area contributed by atoms with Gasteiger partial charge in [-0.2, -0.15) is 0 Å². The fourth-order valence-corrected chi connectivity index (χ4v) is 4.36. The maximum absolute atomic E-state index is 13.3. The second-order valence-corrected chi connectivity index (χ2v) is 8.45. The largest absolute Gasteiger partial charge is 0.496 e. The average molecular weight is 480 g/mol. The SMILES string of the molecule is COC(=O)c1ccc(CN2CCc3c(C(=O)NC(C)c4ccco4)c(OC)cc(=O)n3CC2)cc1. The van der Waals surface area contributed by atoms with Crippen LogP contribution >= 0.6 is 0 Å². The molecular weight excluding hydrogens is 450 g/mol. The van der Waals surface area contributed by atoms with Crippen LogP contribution in [0.15, 0.2) is 57.9 Å². The Morgan fingerprint density at radius 1 is 1.11 bits per heavy atom. The topological polar surface area (TPSA) is 103 Å². The van der Waals surface area contributed by atoms with Crippen LogP contribution in [0.3, 0.4) is 0 Å². The van der Waals surface area contributed by atoms with Crippen LogP contribution in [0.5, 0.6) is 5.75 Å². The Bertz CT molecular complexity index is 1250. The molecule has 0 saturated heterocycles. The first-order chi connectivity index (χ1) is 16.9. The van der Waals surface area contributed by atoms with E-state index in [0.29, 0.717) is 55.2 Å². The molecule has 0 fully saturated rings. The molecule has 35 heavy (non-hydrogen) atoms. The number of hydrogen-bond acceptors (Lipinski definition) is 7. The van der Waals surface area contributed by atoms with E-state index < -0.39 is 0 Å². The highest BCUT2D eigenvalue weighted by atomic mass is 16.5. The molecule has 2 aromatic heterocycles. The molecule has 1 N–H and O–H groups in total. The van der Waals surface area contributed by atoms with Crippen molar-refractivity contribution < 1.29 is 23.5 Å². The van der Waals surface area contributed by atoms with E-state index in [4.69, 9.17) is 13.9 Å². The number of benzene rings is 1. The Balaban J connectivity index is 1.54. The number of nitrogens with one attached hydrogen (secondary N) is 1. The summed E-state index contributed by atoms with van der Waals surface area (Å²) in [5.74, 6) is 0.210. The molecule has 0 radical (unpaired) electrons. The summed E-state index contributed by atoms with van der Waals surface area (Å²) in [6.07, 6.45) is 2.06. The first kappa shape index (κ1) is 24.3. The van der Waals surface area contributed by atoms with E-state index in [2.05, 4.69) is 10.2 Å². The van der Waals surface area contributed by atoms with Crippen molar-refractivity contribution in [3.05, 3.63) is 87.2 Å². The second kappa shape index (κ2) is 10.6. The van der Waals surface area contributed by atoms with Gasteiger partial charge in [-0.15, -0.1) is 0 Å². The number of hydrogen-bond donors (Lipinski definition) is 1. The van der Waals surface area contributed by atoms with Crippen molar-refractivity contribution in [2.24, 2.45) is 0 Å². The molecular formula is C26H29N3O6. The maximum Gasteiger partial charge on any atom is 0.337 e. The maximum atomic E-state index is 13.3. The van der Waals surface area contributed by atoms with Crippen LogP contribution in [0, 0.1) is 0 Å². The lowest BCUT2D eigenvalue weighted by Gasteiger charge is -2.19. The number of fused-ring (bicyclic) bond motifs is 1. The lowest BCUT2D eigenvalue weighted by Crippen LogP contribution is -2.32. The van der Waals surface area contributed by atoms with Crippen LogP contribution in [-0.2, 0) is 24.2 Å². The number of amides is 1. The molecule has 3 heterocycles. The van der Waals surface area contributed by atoms with E-state index in [0.717, 1.165) is 5.56 Å². The number of rotatable bonds is 7. The second-order valence-electron chi connectivity index (χ2n) is 8.45. The highest BCUT2D eigenvalue weighted by Gasteiger charge is 2.26. The summed E-state index contributed by atoms with van der Waals surface area (Å²) in [6.45, 7) is 4.23. The molecule has 0 spiro atoms. The van der Waals surface area contributed by atoms with Crippen LogP contribution in [-0.4, -0.2) is 48.7 Å². The Labute approximate surface area is 203 Å². The smallest absolute Gasteiger partial charge is 0.337 e. The molecule has 9 heteroatoms. The third-order valence-electron chi connectivity index (χ3n) is 6.23. The highest BCUT2D eigenvalue weighted by Crippen LogP contribution is 2.24. The van der Waals surface area contributed by atoms with Crippen molar-refractivity contribution in [1.82, 2.24) is 14.8 Å². The number of esters is 1. The third kappa shape index (κ3) is 5.30. The molecule has 1 aliphatic heterocycles. The minimum atomic E-state index is -0.373. The van der Waals surface area contributed by atoms with Gasteiger partial charge >= 0.3 is 5.97 Å². The molecule has 1 amide bonds. The first-order valence-electron chi connectivity index (χ1n) is 11.5. The zero-order valence-electron chi connectivity index (χ0n) is 20.1. The van der Waals surface area contributed by atoms with Gasteiger partial charge in [0.1, 0.15) is 17.1 Å². The predicted octanol–water partition coefficient (Wildman–Crippen LogP) is 2.79.